The fourth-order valence-electron chi connectivity index (χ4n) is 2.15. The first-order valence-electron chi connectivity index (χ1n) is 7.48. The van der Waals surface area contributed by atoms with Gasteiger partial charge in [0.2, 0.25) is 0 Å². The fourth-order valence-corrected chi connectivity index (χ4v) is 2.15. The van der Waals surface area contributed by atoms with Gasteiger partial charge in [0.05, 0.1) is 32.8 Å². The zero-order valence-electron chi connectivity index (χ0n) is 14.5. The highest BCUT2D eigenvalue weighted by molar-refractivity contribution is 5.99. The molecule has 8 heteroatoms. The van der Waals surface area contributed by atoms with Crippen LogP contribution < -0.4 is 5.32 Å². The molecule has 0 aliphatic heterocycles. The molecule has 0 unspecified atom stereocenters. The van der Waals surface area contributed by atoms with Crippen molar-refractivity contribution in [3.05, 3.63) is 35.4 Å². The first kappa shape index (κ1) is 20.1. The lowest BCUT2D eigenvalue weighted by Gasteiger charge is -2.19. The quantitative estimate of drug-likeness (QED) is 0.575. The van der Waals surface area contributed by atoms with Crippen LogP contribution in [0.15, 0.2) is 24.3 Å². The van der Waals surface area contributed by atoms with Crippen molar-refractivity contribution in [2.24, 2.45) is 5.92 Å². The molecule has 1 amide bonds. The smallest absolute Gasteiger partial charge is 0.337 e. The molecule has 0 saturated heterocycles. The highest BCUT2D eigenvalue weighted by atomic mass is 16.5. The lowest BCUT2D eigenvalue weighted by Crippen LogP contribution is -2.43. The van der Waals surface area contributed by atoms with Crippen molar-refractivity contribution in [1.29, 1.82) is 0 Å². The molecule has 8 nitrogen and oxygen atoms in total. The Morgan fingerprint density at radius 1 is 0.960 bits per heavy atom. The number of carbonyl (C=O) groups is 4. The van der Waals surface area contributed by atoms with Crippen LogP contribution in [-0.4, -0.2) is 51.2 Å². The molecule has 0 saturated carbocycles. The Balaban J connectivity index is 2.93. The summed E-state index contributed by atoms with van der Waals surface area (Å²) in [5, 5.41) is 2.50. The van der Waals surface area contributed by atoms with E-state index in [-0.39, 0.29) is 17.5 Å². The number of methoxy groups -OCH3 is 3. The molecule has 25 heavy (non-hydrogen) atoms. The van der Waals surface area contributed by atoms with E-state index in [0.717, 1.165) is 0 Å². The van der Waals surface area contributed by atoms with Gasteiger partial charge in [-0.3, -0.25) is 9.59 Å². The lowest BCUT2D eigenvalue weighted by molar-refractivity contribution is -0.147. The molecule has 0 bridgehead atoms. The van der Waals surface area contributed by atoms with Crippen molar-refractivity contribution >= 4 is 23.8 Å². The van der Waals surface area contributed by atoms with Crippen LogP contribution in [0.5, 0.6) is 0 Å². The monoisotopic (exact) mass is 351 g/mol. The van der Waals surface area contributed by atoms with E-state index in [2.05, 4.69) is 19.5 Å². The molecule has 0 radical (unpaired) electrons. The summed E-state index contributed by atoms with van der Waals surface area (Å²) >= 11 is 0. The van der Waals surface area contributed by atoms with Gasteiger partial charge in [-0.05, 0) is 24.6 Å². The van der Waals surface area contributed by atoms with Crippen molar-refractivity contribution in [3.8, 4) is 0 Å². The Morgan fingerprint density at radius 2 is 1.56 bits per heavy atom. The maximum atomic E-state index is 12.4. The minimum absolute atomic E-state index is 0.0157. The Bertz CT molecular complexity index is 656. The number of esters is 3. The molecule has 0 fully saturated rings. The molecule has 2 atom stereocenters. The number of hydrogen-bond donors (Lipinski definition) is 1. The van der Waals surface area contributed by atoms with Crippen LogP contribution in [0.2, 0.25) is 0 Å². The molecule has 0 aliphatic rings. The van der Waals surface area contributed by atoms with Crippen molar-refractivity contribution in [3.63, 3.8) is 0 Å². The maximum absolute atomic E-state index is 12.4. The predicted octanol–water partition coefficient (Wildman–Crippen LogP) is 0.944. The van der Waals surface area contributed by atoms with Gasteiger partial charge in [0.1, 0.15) is 6.04 Å². The molecule has 0 heterocycles. The summed E-state index contributed by atoms with van der Waals surface area (Å²) in [5.41, 5.74) is 0.371. The summed E-state index contributed by atoms with van der Waals surface area (Å²) in [4.78, 5) is 47.3. The van der Waals surface area contributed by atoms with E-state index in [9.17, 15) is 19.2 Å². The largest absolute Gasteiger partial charge is 0.469 e. The highest BCUT2D eigenvalue weighted by Crippen LogP contribution is 2.12. The molecule has 1 rings (SSSR count). The topological polar surface area (TPSA) is 108 Å². The Hall–Kier alpha value is -2.90. The standard InChI is InChI=1S/C17H21NO7/c1-10(15(20)23-2)8-13(17(22)25-4)18-14(19)11-6-5-7-12(9-11)16(21)24-3/h5-7,9-10,13H,8H2,1-4H3,(H,18,19)/t10-,13-/m0/s1. The number of rotatable bonds is 7. The summed E-state index contributed by atoms with van der Waals surface area (Å²) in [7, 11) is 3.65. The zero-order chi connectivity index (χ0) is 19.0. The van der Waals surface area contributed by atoms with E-state index in [1.165, 1.54) is 45.6 Å². The molecular formula is C17H21NO7. The molecule has 1 N–H and O–H groups in total. The van der Waals surface area contributed by atoms with Crippen LogP contribution >= 0.6 is 0 Å². The second kappa shape index (κ2) is 9.41. The molecule has 136 valence electrons. The second-order valence-electron chi connectivity index (χ2n) is 5.28. The Kier molecular flexibility index (Phi) is 7.58. The van der Waals surface area contributed by atoms with Gasteiger partial charge in [-0.15, -0.1) is 0 Å². The number of ether oxygens (including phenoxy) is 3. The summed E-state index contributed by atoms with van der Waals surface area (Å²) in [5.74, 6) is -2.98. The third kappa shape index (κ3) is 5.59. The minimum Gasteiger partial charge on any atom is -0.469 e. The molecule has 1 aromatic carbocycles. The average Bonchev–Trinajstić information content (AvgIpc) is 2.65. The van der Waals surface area contributed by atoms with Gasteiger partial charge >= 0.3 is 17.9 Å². The van der Waals surface area contributed by atoms with Crippen LogP contribution in [0.4, 0.5) is 0 Å². The van der Waals surface area contributed by atoms with Gasteiger partial charge in [-0.2, -0.15) is 0 Å². The minimum atomic E-state index is -1.03. The van der Waals surface area contributed by atoms with Crippen molar-refractivity contribution in [1.82, 2.24) is 5.32 Å². The molecule has 0 aliphatic carbocycles. The van der Waals surface area contributed by atoms with Crippen molar-refractivity contribution in [2.75, 3.05) is 21.3 Å². The summed E-state index contributed by atoms with van der Waals surface area (Å²) in [6.45, 7) is 1.58. The summed E-state index contributed by atoms with van der Waals surface area (Å²) in [6, 6.07) is 4.82. The summed E-state index contributed by atoms with van der Waals surface area (Å²) in [6.07, 6.45) is 0.0157. The average molecular weight is 351 g/mol. The lowest BCUT2D eigenvalue weighted by atomic mass is 10.0. The highest BCUT2D eigenvalue weighted by Gasteiger charge is 2.27. The molecular weight excluding hydrogens is 330 g/mol. The Morgan fingerprint density at radius 3 is 2.12 bits per heavy atom. The van der Waals surface area contributed by atoms with Crippen LogP contribution in [0, 0.1) is 5.92 Å². The molecule has 0 spiro atoms. The van der Waals surface area contributed by atoms with E-state index in [1.54, 1.807) is 6.92 Å². The SMILES string of the molecule is COC(=O)c1cccc(C(=O)N[C@@H](C[C@H](C)C(=O)OC)C(=O)OC)c1. The molecule has 1 aromatic rings. The first-order valence-corrected chi connectivity index (χ1v) is 7.48. The van der Waals surface area contributed by atoms with Crippen molar-refractivity contribution < 1.29 is 33.4 Å². The van der Waals surface area contributed by atoms with Gasteiger partial charge in [0.15, 0.2) is 0 Å². The number of hydrogen-bond acceptors (Lipinski definition) is 7. The third-order valence-electron chi connectivity index (χ3n) is 3.53. The van der Waals surface area contributed by atoms with Crippen molar-refractivity contribution in [2.45, 2.75) is 19.4 Å². The van der Waals surface area contributed by atoms with Gasteiger partial charge in [0, 0.05) is 5.56 Å². The number of nitrogens with one attached hydrogen (secondary N) is 1. The van der Waals surface area contributed by atoms with Gasteiger partial charge in [0.25, 0.3) is 5.91 Å². The number of benzene rings is 1. The normalized spacial score (nSPS) is 12.5. The van der Waals surface area contributed by atoms with Crippen LogP contribution in [0.3, 0.4) is 0 Å². The van der Waals surface area contributed by atoms with E-state index in [0.29, 0.717) is 0 Å². The van der Waals surface area contributed by atoms with E-state index in [4.69, 9.17) is 0 Å². The van der Waals surface area contributed by atoms with Crippen LogP contribution in [0.25, 0.3) is 0 Å². The van der Waals surface area contributed by atoms with Crippen LogP contribution in [0.1, 0.15) is 34.1 Å². The third-order valence-corrected chi connectivity index (χ3v) is 3.53. The first-order chi connectivity index (χ1) is 11.8. The Labute approximate surface area is 145 Å². The number of carbonyl (C=O) groups excluding carboxylic acids is 4. The van der Waals surface area contributed by atoms with E-state index < -0.39 is 35.8 Å². The second-order valence-corrected chi connectivity index (χ2v) is 5.28. The zero-order valence-corrected chi connectivity index (χ0v) is 14.5. The maximum Gasteiger partial charge on any atom is 0.337 e. The fraction of sp³-hybridized carbons (Fsp3) is 0.412. The number of amides is 1. The summed E-state index contributed by atoms with van der Waals surface area (Å²) < 4.78 is 13.9. The van der Waals surface area contributed by atoms with E-state index in [1.807, 2.05) is 0 Å². The van der Waals surface area contributed by atoms with Gasteiger partial charge in [-0.25, -0.2) is 9.59 Å². The predicted molar refractivity (Wildman–Crippen MR) is 86.8 cm³/mol. The van der Waals surface area contributed by atoms with Gasteiger partial charge < -0.3 is 19.5 Å². The van der Waals surface area contributed by atoms with Crippen LogP contribution in [-0.2, 0) is 23.8 Å². The van der Waals surface area contributed by atoms with Gasteiger partial charge in [-0.1, -0.05) is 13.0 Å². The van der Waals surface area contributed by atoms with E-state index >= 15 is 0 Å². The molecule has 0 aromatic heterocycles.